The van der Waals surface area contributed by atoms with Gasteiger partial charge in [-0.05, 0) is 18.2 Å². The average Bonchev–Trinajstić information content (AvgIpc) is 3.34. The zero-order valence-electron chi connectivity index (χ0n) is 12.2. The van der Waals surface area contributed by atoms with Gasteiger partial charge < -0.3 is 18.6 Å². The van der Waals surface area contributed by atoms with Gasteiger partial charge in [0.2, 0.25) is 11.8 Å². The van der Waals surface area contributed by atoms with Gasteiger partial charge in [0.15, 0.2) is 11.9 Å². The first-order valence-corrected chi connectivity index (χ1v) is 7.69. The quantitative estimate of drug-likeness (QED) is 0.595. The Kier molecular flexibility index (Phi) is 2.66. The molecule has 5 heterocycles. The maximum absolute atomic E-state index is 12.9. The molecule has 1 aromatic rings. The zero-order chi connectivity index (χ0) is 15.6. The summed E-state index contributed by atoms with van der Waals surface area (Å²) in [7, 11) is 0. The topological polar surface area (TPSA) is 78.2 Å². The van der Waals surface area contributed by atoms with Gasteiger partial charge in [-0.1, -0.05) is 6.08 Å². The second-order valence-electron chi connectivity index (χ2n) is 6.21. The van der Waals surface area contributed by atoms with Gasteiger partial charge in [-0.15, -0.1) is 0 Å². The van der Waals surface area contributed by atoms with Gasteiger partial charge in [0.1, 0.15) is 5.76 Å². The van der Waals surface area contributed by atoms with Crippen molar-refractivity contribution in [3.63, 3.8) is 0 Å². The van der Waals surface area contributed by atoms with E-state index in [9.17, 15) is 9.59 Å². The predicted molar refractivity (Wildman–Crippen MR) is 73.7 cm³/mol. The Labute approximate surface area is 131 Å². The van der Waals surface area contributed by atoms with Crippen molar-refractivity contribution in [3.05, 3.63) is 36.3 Å². The highest BCUT2D eigenvalue weighted by Crippen LogP contribution is 2.54. The molecule has 23 heavy (non-hydrogen) atoms. The van der Waals surface area contributed by atoms with E-state index >= 15 is 0 Å². The molecule has 0 aliphatic carbocycles. The number of hydrogen-bond donors (Lipinski definition) is 0. The van der Waals surface area contributed by atoms with Gasteiger partial charge in [-0.25, -0.2) is 0 Å². The van der Waals surface area contributed by atoms with Gasteiger partial charge in [-0.3, -0.25) is 14.5 Å². The summed E-state index contributed by atoms with van der Waals surface area (Å²) in [5, 5.41) is 0. The molecule has 120 valence electrons. The molecular weight excluding hydrogens is 302 g/mol. The number of carbonyl (C=O) groups excluding carboxylic acids is 2. The first-order chi connectivity index (χ1) is 11.2. The Bertz CT molecular complexity index is 691. The van der Waals surface area contributed by atoms with E-state index in [2.05, 4.69) is 0 Å². The summed E-state index contributed by atoms with van der Waals surface area (Å²) in [4.78, 5) is 26.9. The van der Waals surface area contributed by atoms with Crippen molar-refractivity contribution in [1.29, 1.82) is 0 Å². The second kappa shape index (κ2) is 4.53. The predicted octanol–water partition coefficient (Wildman–Crippen LogP) is 0.461. The van der Waals surface area contributed by atoms with Gasteiger partial charge in [-0.2, -0.15) is 0 Å². The number of hydrogen-bond acceptors (Lipinski definition) is 6. The van der Waals surface area contributed by atoms with Crippen LogP contribution in [0.2, 0.25) is 0 Å². The van der Waals surface area contributed by atoms with Crippen LogP contribution in [0.5, 0.6) is 0 Å². The van der Waals surface area contributed by atoms with E-state index in [0.717, 1.165) is 0 Å². The molecule has 0 radical (unpaired) electrons. The Morgan fingerprint density at radius 2 is 2.04 bits per heavy atom. The summed E-state index contributed by atoms with van der Waals surface area (Å²) in [6.07, 6.45) is 4.16. The van der Waals surface area contributed by atoms with Crippen LogP contribution in [0.3, 0.4) is 0 Å². The molecule has 0 N–H and O–H groups in total. The molecule has 2 amide bonds. The van der Waals surface area contributed by atoms with Crippen molar-refractivity contribution in [2.75, 3.05) is 13.2 Å². The fraction of sp³-hybridized carbons (Fsp3) is 0.500. The fourth-order valence-electron chi connectivity index (χ4n) is 4.10. The van der Waals surface area contributed by atoms with E-state index in [4.69, 9.17) is 18.6 Å². The maximum atomic E-state index is 12.9. The molecule has 0 saturated carbocycles. The van der Waals surface area contributed by atoms with E-state index in [1.165, 1.54) is 11.2 Å². The van der Waals surface area contributed by atoms with Gasteiger partial charge >= 0.3 is 0 Å². The van der Waals surface area contributed by atoms with Gasteiger partial charge in [0.05, 0.1) is 44.0 Å². The molecule has 0 aromatic carbocycles. The summed E-state index contributed by atoms with van der Waals surface area (Å²) in [5.41, 5.74) is -0.990. The molecule has 1 aromatic heterocycles. The van der Waals surface area contributed by atoms with Crippen LogP contribution in [0.1, 0.15) is 5.76 Å². The average molecular weight is 317 g/mol. The minimum Gasteiger partial charge on any atom is -0.467 e. The maximum Gasteiger partial charge on any atom is 0.237 e. The molecule has 2 bridgehead atoms. The first-order valence-electron chi connectivity index (χ1n) is 7.69. The minimum absolute atomic E-state index is 0.146. The smallest absolute Gasteiger partial charge is 0.237 e. The zero-order valence-corrected chi connectivity index (χ0v) is 12.2. The molecule has 0 unspecified atom stereocenters. The fourth-order valence-corrected chi connectivity index (χ4v) is 4.10. The molecular formula is C16H15NO6. The Balaban J connectivity index is 1.50. The first kappa shape index (κ1) is 13.5. The molecule has 7 nitrogen and oxygen atoms in total. The number of likely N-dealkylation sites (tertiary alicyclic amines) is 1. The third-order valence-corrected chi connectivity index (χ3v) is 5.05. The minimum atomic E-state index is -0.990. The molecule has 7 heteroatoms. The van der Waals surface area contributed by atoms with E-state index in [1.54, 1.807) is 12.1 Å². The molecule has 4 aliphatic heterocycles. The van der Waals surface area contributed by atoms with Crippen molar-refractivity contribution in [2.45, 2.75) is 24.5 Å². The summed E-state index contributed by atoms with van der Waals surface area (Å²) >= 11 is 0. The van der Waals surface area contributed by atoms with Crippen LogP contribution in [0.15, 0.2) is 35.0 Å². The Hall–Kier alpha value is -1.96. The van der Waals surface area contributed by atoms with Crippen molar-refractivity contribution in [2.24, 2.45) is 11.8 Å². The molecule has 4 aliphatic rings. The van der Waals surface area contributed by atoms with Crippen molar-refractivity contribution in [3.8, 4) is 0 Å². The highest BCUT2D eigenvalue weighted by molar-refractivity contribution is 6.07. The van der Waals surface area contributed by atoms with Crippen LogP contribution in [0.25, 0.3) is 0 Å². The number of furan rings is 1. The number of rotatable bonds is 3. The monoisotopic (exact) mass is 317 g/mol. The number of nitrogens with zero attached hydrogens (tertiary/aromatic N) is 1. The van der Waals surface area contributed by atoms with Crippen LogP contribution in [-0.4, -0.2) is 47.9 Å². The molecule has 0 spiro atoms. The lowest BCUT2D eigenvalue weighted by molar-refractivity contribution is -0.183. The Morgan fingerprint density at radius 1 is 1.22 bits per heavy atom. The molecule has 5 rings (SSSR count). The number of imide groups is 1. The summed E-state index contributed by atoms with van der Waals surface area (Å²) in [6, 6.07) is 3.48. The summed E-state index contributed by atoms with van der Waals surface area (Å²) in [6.45, 7) is 1.07. The lowest BCUT2D eigenvalue weighted by Crippen LogP contribution is -2.49. The number of amides is 2. The summed E-state index contributed by atoms with van der Waals surface area (Å²) in [5.74, 6) is -0.985. The standard InChI is InChI=1S/C16H15NO6/c18-13-11-10-3-4-16(23-10,15-21-6-7-22-15)12(11)14(19)17(13)8-9-2-1-5-20-9/h1-5,10-12,15H,6-8H2/t10-,11+,12-,16-/m1/s1. The molecule has 4 atom stereocenters. The highest BCUT2D eigenvalue weighted by atomic mass is 16.7. The van der Waals surface area contributed by atoms with Crippen molar-refractivity contribution in [1.82, 2.24) is 4.90 Å². The normalized spacial score (nSPS) is 39.0. The number of fused-ring (bicyclic) bond motifs is 5. The van der Waals surface area contributed by atoms with Crippen molar-refractivity contribution >= 4 is 11.8 Å². The number of ether oxygens (including phenoxy) is 3. The van der Waals surface area contributed by atoms with Crippen LogP contribution >= 0.6 is 0 Å². The van der Waals surface area contributed by atoms with Crippen LogP contribution < -0.4 is 0 Å². The van der Waals surface area contributed by atoms with Crippen molar-refractivity contribution < 1.29 is 28.2 Å². The van der Waals surface area contributed by atoms with E-state index in [1.807, 2.05) is 12.2 Å². The Morgan fingerprint density at radius 3 is 2.78 bits per heavy atom. The van der Waals surface area contributed by atoms with Crippen LogP contribution in [0.4, 0.5) is 0 Å². The second-order valence-corrected chi connectivity index (χ2v) is 6.21. The van der Waals surface area contributed by atoms with Crippen LogP contribution in [0, 0.1) is 11.8 Å². The molecule has 3 fully saturated rings. The highest BCUT2D eigenvalue weighted by Gasteiger charge is 2.71. The lowest BCUT2D eigenvalue weighted by Gasteiger charge is -2.32. The third-order valence-electron chi connectivity index (χ3n) is 5.05. The number of carbonyl (C=O) groups is 2. The van der Waals surface area contributed by atoms with E-state index in [-0.39, 0.29) is 18.4 Å². The molecule has 3 saturated heterocycles. The SMILES string of the molecule is O=C1[C@H]2[C@H]3C=C[C@@](C4OCCO4)(O3)[C@H]2C(=O)N1Cc1ccco1. The van der Waals surface area contributed by atoms with Gasteiger partial charge in [0, 0.05) is 0 Å². The van der Waals surface area contributed by atoms with E-state index in [0.29, 0.717) is 19.0 Å². The van der Waals surface area contributed by atoms with Gasteiger partial charge in [0.25, 0.3) is 0 Å². The third kappa shape index (κ3) is 1.64. The van der Waals surface area contributed by atoms with Crippen LogP contribution in [-0.2, 0) is 30.3 Å². The van der Waals surface area contributed by atoms with E-state index < -0.39 is 29.8 Å². The largest absolute Gasteiger partial charge is 0.467 e. The summed E-state index contributed by atoms with van der Waals surface area (Å²) < 4.78 is 22.4. The lowest BCUT2D eigenvalue weighted by atomic mass is 9.76.